The van der Waals surface area contributed by atoms with Crippen LogP contribution in [0.4, 0.5) is 4.39 Å². The standard InChI is InChI=1S/C26H36FN3O2/c1-25-9-8-22-20(4-3-19-11-17(16-32-2)7-10-26(19,22)27)21(25)5-6-23(25)24(31)15-30-14-18(12-28)13-29-30/h13-14,17,19-23H,3-11,15-16H2,1-2H3/t17?,19-,20+,21?,22?,23-,25+,26-/m1/s1. The highest BCUT2D eigenvalue weighted by Gasteiger charge is 2.62. The monoisotopic (exact) mass is 441 g/mol. The number of carbonyl (C=O) groups excluding carboxylic acids is 1. The molecule has 0 N–H and O–H groups in total. The van der Waals surface area contributed by atoms with Gasteiger partial charge >= 0.3 is 0 Å². The SMILES string of the molecule is COCC1CC[C@]2(F)C3CC[C@@]4(C)C(CC[C@@H]4C(=O)Cn4cc(C#N)cn4)[C@@H]3CC[C@@H]2C1. The van der Waals surface area contributed by atoms with Crippen molar-refractivity contribution >= 4 is 5.78 Å². The van der Waals surface area contributed by atoms with Crippen molar-refractivity contribution in [3.8, 4) is 6.07 Å². The topological polar surface area (TPSA) is 67.9 Å². The summed E-state index contributed by atoms with van der Waals surface area (Å²) in [6, 6.07) is 2.07. The number of halogens is 1. The normalized spacial score (nSPS) is 43.1. The first-order chi connectivity index (χ1) is 15.4. The van der Waals surface area contributed by atoms with Gasteiger partial charge in [0.1, 0.15) is 11.7 Å². The number of hydrogen-bond donors (Lipinski definition) is 0. The van der Waals surface area contributed by atoms with E-state index in [9.17, 15) is 4.79 Å². The molecule has 32 heavy (non-hydrogen) atoms. The average Bonchev–Trinajstić information content (AvgIpc) is 3.37. The van der Waals surface area contributed by atoms with Crippen LogP contribution in [0.25, 0.3) is 0 Å². The molecular weight excluding hydrogens is 405 g/mol. The molecule has 1 aromatic heterocycles. The molecule has 0 amide bonds. The van der Waals surface area contributed by atoms with E-state index in [-0.39, 0.29) is 35.5 Å². The van der Waals surface area contributed by atoms with Gasteiger partial charge in [0.15, 0.2) is 5.78 Å². The molecular formula is C26H36FN3O2. The highest BCUT2D eigenvalue weighted by molar-refractivity contribution is 5.82. The fourth-order valence-corrected chi connectivity index (χ4v) is 8.56. The quantitative estimate of drug-likeness (QED) is 0.649. The molecule has 0 aliphatic heterocycles. The molecule has 5 rings (SSSR count). The molecule has 174 valence electrons. The summed E-state index contributed by atoms with van der Waals surface area (Å²) < 4.78 is 23.6. The van der Waals surface area contributed by atoms with E-state index in [1.807, 2.05) is 0 Å². The summed E-state index contributed by atoms with van der Waals surface area (Å²) in [4.78, 5) is 13.3. The maximum absolute atomic E-state index is 16.6. The third kappa shape index (κ3) is 3.43. The number of hydrogen-bond acceptors (Lipinski definition) is 4. The Kier molecular flexibility index (Phi) is 5.68. The van der Waals surface area contributed by atoms with Gasteiger partial charge in [-0.25, -0.2) is 4.39 Å². The maximum Gasteiger partial charge on any atom is 0.157 e. The Balaban J connectivity index is 1.31. The molecule has 0 aromatic carbocycles. The second-order valence-corrected chi connectivity index (χ2v) is 11.4. The zero-order chi connectivity index (χ0) is 22.5. The average molecular weight is 442 g/mol. The van der Waals surface area contributed by atoms with Gasteiger partial charge < -0.3 is 4.74 Å². The summed E-state index contributed by atoms with van der Waals surface area (Å²) in [5, 5.41) is 13.2. The molecule has 0 spiro atoms. The molecule has 0 bridgehead atoms. The van der Waals surface area contributed by atoms with Gasteiger partial charge in [-0.3, -0.25) is 9.48 Å². The van der Waals surface area contributed by atoms with Gasteiger partial charge in [0.05, 0.1) is 18.3 Å². The largest absolute Gasteiger partial charge is 0.384 e. The van der Waals surface area contributed by atoms with Crippen molar-refractivity contribution < 1.29 is 13.9 Å². The minimum Gasteiger partial charge on any atom is -0.384 e. The van der Waals surface area contributed by atoms with Gasteiger partial charge in [-0.2, -0.15) is 10.4 Å². The minimum absolute atomic E-state index is 0.0221. The summed E-state index contributed by atoms with van der Waals surface area (Å²) in [5.41, 5.74) is -0.557. The van der Waals surface area contributed by atoms with Crippen molar-refractivity contribution in [3.63, 3.8) is 0 Å². The van der Waals surface area contributed by atoms with Gasteiger partial charge in [0.25, 0.3) is 0 Å². The number of nitrogens with zero attached hydrogens (tertiary/aromatic N) is 3. The predicted molar refractivity (Wildman–Crippen MR) is 118 cm³/mol. The van der Waals surface area contributed by atoms with Crippen LogP contribution in [-0.2, 0) is 16.1 Å². The van der Waals surface area contributed by atoms with E-state index < -0.39 is 5.67 Å². The van der Waals surface area contributed by atoms with Crippen molar-refractivity contribution in [2.45, 2.75) is 76.9 Å². The number of alkyl halides is 1. The third-order valence-corrected chi connectivity index (χ3v) is 10.0. The number of fused-ring (bicyclic) bond motifs is 5. The Morgan fingerprint density at radius 2 is 2.09 bits per heavy atom. The van der Waals surface area contributed by atoms with Crippen molar-refractivity contribution in [1.29, 1.82) is 5.26 Å². The number of nitriles is 1. The molecule has 4 saturated carbocycles. The fraction of sp³-hybridized carbons (Fsp3) is 0.808. The van der Waals surface area contributed by atoms with Crippen LogP contribution >= 0.6 is 0 Å². The second-order valence-electron chi connectivity index (χ2n) is 11.4. The molecule has 5 nitrogen and oxygen atoms in total. The number of methoxy groups -OCH3 is 1. The van der Waals surface area contributed by atoms with Crippen LogP contribution in [0, 0.1) is 52.3 Å². The first-order valence-corrected chi connectivity index (χ1v) is 12.5. The van der Waals surface area contributed by atoms with Crippen molar-refractivity contribution in [3.05, 3.63) is 18.0 Å². The van der Waals surface area contributed by atoms with Crippen LogP contribution in [0.2, 0.25) is 0 Å². The lowest BCUT2D eigenvalue weighted by atomic mass is 9.48. The molecule has 8 atom stereocenters. The summed E-state index contributed by atoms with van der Waals surface area (Å²) in [5.74, 6) is 1.99. The number of aromatic nitrogens is 2. The summed E-state index contributed by atoms with van der Waals surface area (Å²) in [6.45, 7) is 3.30. The zero-order valence-electron chi connectivity index (χ0n) is 19.4. The van der Waals surface area contributed by atoms with Crippen molar-refractivity contribution in [2.75, 3.05) is 13.7 Å². The summed E-state index contributed by atoms with van der Waals surface area (Å²) in [6.07, 6.45) is 11.7. The molecule has 3 unspecified atom stereocenters. The number of carbonyl (C=O) groups is 1. The maximum atomic E-state index is 16.6. The van der Waals surface area contributed by atoms with Crippen LogP contribution < -0.4 is 0 Å². The van der Waals surface area contributed by atoms with Crippen LogP contribution in [-0.4, -0.2) is 34.9 Å². The van der Waals surface area contributed by atoms with Gasteiger partial charge in [-0.05, 0) is 92.8 Å². The summed E-state index contributed by atoms with van der Waals surface area (Å²) in [7, 11) is 1.75. The molecule has 4 aliphatic carbocycles. The van der Waals surface area contributed by atoms with Crippen LogP contribution in [0.15, 0.2) is 12.4 Å². The molecule has 4 aliphatic rings. The van der Waals surface area contributed by atoms with E-state index in [1.165, 1.54) is 6.20 Å². The van der Waals surface area contributed by atoms with E-state index in [0.29, 0.717) is 29.7 Å². The highest BCUT2D eigenvalue weighted by atomic mass is 19.1. The van der Waals surface area contributed by atoms with E-state index >= 15 is 4.39 Å². The summed E-state index contributed by atoms with van der Waals surface area (Å²) >= 11 is 0. The van der Waals surface area contributed by atoms with Crippen molar-refractivity contribution in [1.82, 2.24) is 9.78 Å². The van der Waals surface area contributed by atoms with Gasteiger partial charge in [0, 0.05) is 25.8 Å². The zero-order valence-corrected chi connectivity index (χ0v) is 19.4. The lowest BCUT2D eigenvalue weighted by molar-refractivity contribution is -0.148. The molecule has 4 fully saturated rings. The third-order valence-electron chi connectivity index (χ3n) is 10.0. The smallest absolute Gasteiger partial charge is 0.157 e. The molecule has 0 radical (unpaired) electrons. The Bertz CT molecular complexity index is 909. The van der Waals surface area contributed by atoms with E-state index in [1.54, 1.807) is 18.0 Å². The minimum atomic E-state index is -1.01. The van der Waals surface area contributed by atoms with Crippen LogP contribution in [0.1, 0.15) is 70.3 Å². The number of ketones is 1. The number of ether oxygens (including phenoxy) is 1. The lowest BCUT2D eigenvalue weighted by Gasteiger charge is -2.58. The van der Waals surface area contributed by atoms with Crippen LogP contribution in [0.5, 0.6) is 0 Å². The van der Waals surface area contributed by atoms with E-state index in [2.05, 4.69) is 18.1 Å². The number of Topliss-reactive ketones (excluding diaryl/α,β-unsaturated/α-hetero) is 1. The molecule has 0 saturated heterocycles. The Hall–Kier alpha value is -1.74. The lowest BCUT2D eigenvalue weighted by Crippen LogP contribution is -2.57. The molecule has 1 heterocycles. The van der Waals surface area contributed by atoms with Gasteiger partial charge in [-0.1, -0.05) is 6.92 Å². The van der Waals surface area contributed by atoms with Gasteiger partial charge in [0.2, 0.25) is 0 Å². The second kappa shape index (κ2) is 8.24. The number of rotatable bonds is 5. The van der Waals surface area contributed by atoms with Gasteiger partial charge in [-0.15, -0.1) is 0 Å². The molecule has 1 aromatic rings. The first kappa shape index (κ1) is 22.1. The van der Waals surface area contributed by atoms with E-state index in [4.69, 9.17) is 10.00 Å². The highest BCUT2D eigenvalue weighted by Crippen LogP contribution is 2.66. The Labute approximate surface area is 190 Å². The fourth-order valence-electron chi connectivity index (χ4n) is 8.56. The Morgan fingerprint density at radius 1 is 1.25 bits per heavy atom. The van der Waals surface area contributed by atoms with E-state index in [0.717, 1.165) is 58.0 Å². The van der Waals surface area contributed by atoms with Crippen molar-refractivity contribution in [2.24, 2.45) is 40.9 Å². The Morgan fingerprint density at radius 3 is 2.84 bits per heavy atom. The molecule has 6 heteroatoms. The first-order valence-electron chi connectivity index (χ1n) is 12.5. The predicted octanol–water partition coefficient (Wildman–Crippen LogP) is 4.95. The van der Waals surface area contributed by atoms with Crippen LogP contribution in [0.3, 0.4) is 0 Å².